The zero-order valence-electron chi connectivity index (χ0n) is 12.3. The van der Waals surface area contributed by atoms with Gasteiger partial charge in [-0.15, -0.1) is 0 Å². The van der Waals surface area contributed by atoms with Gasteiger partial charge >= 0.3 is 0 Å². The van der Waals surface area contributed by atoms with Crippen LogP contribution in [0.25, 0.3) is 0 Å². The number of ether oxygens (including phenoxy) is 1. The van der Waals surface area contributed by atoms with Gasteiger partial charge in [-0.2, -0.15) is 0 Å². The number of para-hydroxylation sites is 1. The molecule has 1 aliphatic heterocycles. The molecule has 0 saturated heterocycles. The van der Waals surface area contributed by atoms with E-state index in [2.05, 4.69) is 50.4 Å². The first-order chi connectivity index (χ1) is 9.00. The molecule has 0 aromatic heterocycles. The lowest BCUT2D eigenvalue weighted by molar-refractivity contribution is 0.0905. The molecule has 1 aliphatic carbocycles. The van der Waals surface area contributed by atoms with Crippen molar-refractivity contribution in [3.05, 3.63) is 29.8 Å². The van der Waals surface area contributed by atoms with Gasteiger partial charge in [-0.05, 0) is 38.2 Å². The van der Waals surface area contributed by atoms with Crippen LogP contribution in [0.1, 0.15) is 58.1 Å². The first-order valence-electron chi connectivity index (χ1n) is 7.52. The molecule has 0 bridgehead atoms. The van der Waals surface area contributed by atoms with Crippen molar-refractivity contribution in [3.63, 3.8) is 0 Å². The molecule has 1 heterocycles. The molecule has 1 fully saturated rings. The number of hydrogen-bond acceptors (Lipinski definition) is 2. The van der Waals surface area contributed by atoms with Crippen LogP contribution in [-0.4, -0.2) is 12.1 Å². The first-order valence-corrected chi connectivity index (χ1v) is 7.52. The van der Waals surface area contributed by atoms with Crippen molar-refractivity contribution in [2.45, 2.75) is 58.1 Å². The molecule has 2 nitrogen and oxygen atoms in total. The smallest absolute Gasteiger partial charge is 0.125 e. The molecule has 19 heavy (non-hydrogen) atoms. The third kappa shape index (κ3) is 2.38. The minimum Gasteiger partial charge on any atom is -0.486 e. The summed E-state index contributed by atoms with van der Waals surface area (Å²) in [5.74, 6) is 1.04. The minimum absolute atomic E-state index is 0.154. The van der Waals surface area contributed by atoms with Crippen LogP contribution < -0.4 is 10.1 Å². The Hall–Kier alpha value is -1.02. The molecule has 1 unspecified atom stereocenters. The summed E-state index contributed by atoms with van der Waals surface area (Å²) in [7, 11) is 0. The lowest BCUT2D eigenvalue weighted by atomic mass is 9.87. The van der Waals surface area contributed by atoms with Gasteiger partial charge in [-0.3, -0.25) is 0 Å². The van der Waals surface area contributed by atoms with Crippen molar-refractivity contribution in [1.82, 2.24) is 5.32 Å². The highest BCUT2D eigenvalue weighted by molar-refractivity contribution is 5.42. The highest BCUT2D eigenvalue weighted by atomic mass is 16.5. The zero-order valence-corrected chi connectivity index (χ0v) is 12.3. The molecule has 1 aromatic carbocycles. The maximum absolute atomic E-state index is 6.09. The van der Waals surface area contributed by atoms with Gasteiger partial charge in [-0.25, -0.2) is 0 Å². The molecule has 3 rings (SSSR count). The molecule has 1 atom stereocenters. The van der Waals surface area contributed by atoms with E-state index in [1.165, 1.54) is 31.2 Å². The van der Waals surface area contributed by atoms with E-state index in [0.29, 0.717) is 11.5 Å². The maximum atomic E-state index is 6.09. The Morgan fingerprint density at radius 3 is 2.58 bits per heavy atom. The summed E-state index contributed by atoms with van der Waals surface area (Å²) in [4.78, 5) is 0. The van der Waals surface area contributed by atoms with Crippen LogP contribution in [0.5, 0.6) is 5.75 Å². The summed E-state index contributed by atoms with van der Waals surface area (Å²) in [5.41, 5.74) is 1.64. The van der Waals surface area contributed by atoms with Crippen LogP contribution in [-0.2, 0) is 0 Å². The second-order valence-corrected chi connectivity index (χ2v) is 7.08. The Balaban J connectivity index is 1.76. The Morgan fingerprint density at radius 1 is 1.16 bits per heavy atom. The van der Waals surface area contributed by atoms with Crippen LogP contribution in [0.3, 0.4) is 0 Å². The van der Waals surface area contributed by atoms with Crippen LogP contribution in [0, 0.1) is 5.41 Å². The summed E-state index contributed by atoms with van der Waals surface area (Å²) in [5, 5.41) is 3.79. The predicted octanol–water partition coefficient (Wildman–Crippen LogP) is 4.07. The third-order valence-electron chi connectivity index (χ3n) is 4.84. The van der Waals surface area contributed by atoms with E-state index in [0.717, 1.165) is 12.3 Å². The minimum atomic E-state index is -0.154. The SMILES string of the molecule is CC1(CNC2c3ccccc3OC2(C)C)CCCC1. The van der Waals surface area contributed by atoms with Crippen molar-refractivity contribution in [2.24, 2.45) is 5.41 Å². The first kappa shape index (κ1) is 13.0. The van der Waals surface area contributed by atoms with E-state index in [4.69, 9.17) is 4.74 Å². The molecule has 2 heteroatoms. The Labute approximate surface area is 116 Å². The lowest BCUT2D eigenvalue weighted by Crippen LogP contribution is -2.42. The molecule has 0 spiro atoms. The Bertz CT molecular complexity index is 460. The van der Waals surface area contributed by atoms with Gasteiger partial charge in [0.25, 0.3) is 0 Å². The van der Waals surface area contributed by atoms with E-state index in [1.807, 2.05) is 0 Å². The molecule has 1 saturated carbocycles. The van der Waals surface area contributed by atoms with Crippen molar-refractivity contribution in [1.29, 1.82) is 0 Å². The Morgan fingerprint density at radius 2 is 1.84 bits per heavy atom. The summed E-state index contributed by atoms with van der Waals surface area (Å²) in [6, 6.07) is 8.74. The average Bonchev–Trinajstić information content (AvgIpc) is 2.88. The molecule has 2 aliphatic rings. The summed E-state index contributed by atoms with van der Waals surface area (Å²) >= 11 is 0. The molecule has 1 N–H and O–H groups in total. The maximum Gasteiger partial charge on any atom is 0.125 e. The molecule has 1 aromatic rings. The van der Waals surface area contributed by atoms with E-state index in [-0.39, 0.29) is 5.60 Å². The van der Waals surface area contributed by atoms with Crippen LogP contribution >= 0.6 is 0 Å². The second-order valence-electron chi connectivity index (χ2n) is 7.08. The van der Waals surface area contributed by atoms with Crippen LogP contribution in [0.2, 0.25) is 0 Å². The fourth-order valence-electron chi connectivity index (χ4n) is 3.64. The van der Waals surface area contributed by atoms with Crippen molar-refractivity contribution >= 4 is 0 Å². The average molecular weight is 259 g/mol. The molecular weight excluding hydrogens is 234 g/mol. The van der Waals surface area contributed by atoms with E-state index in [1.54, 1.807) is 0 Å². The van der Waals surface area contributed by atoms with Crippen molar-refractivity contribution in [3.8, 4) is 5.75 Å². The highest BCUT2D eigenvalue weighted by Gasteiger charge is 2.41. The molecule has 0 radical (unpaired) electrons. The summed E-state index contributed by atoms with van der Waals surface area (Å²) in [6.07, 6.45) is 5.49. The predicted molar refractivity (Wildman–Crippen MR) is 78.5 cm³/mol. The second kappa shape index (κ2) is 4.52. The number of rotatable bonds is 3. The Kier molecular flexibility index (Phi) is 3.09. The van der Waals surface area contributed by atoms with Crippen LogP contribution in [0.15, 0.2) is 24.3 Å². The fourth-order valence-corrected chi connectivity index (χ4v) is 3.64. The van der Waals surface area contributed by atoms with Crippen LogP contribution in [0.4, 0.5) is 0 Å². The topological polar surface area (TPSA) is 21.3 Å². The van der Waals surface area contributed by atoms with Gasteiger partial charge in [0.2, 0.25) is 0 Å². The van der Waals surface area contributed by atoms with Gasteiger partial charge < -0.3 is 10.1 Å². The largest absolute Gasteiger partial charge is 0.486 e. The standard InChI is InChI=1S/C17H25NO/c1-16(2)15(13-8-4-5-9-14(13)19-16)18-12-17(3)10-6-7-11-17/h4-5,8-9,15,18H,6-7,10-12H2,1-3H3. The molecule has 104 valence electrons. The normalized spacial score (nSPS) is 27.0. The van der Waals surface area contributed by atoms with E-state index >= 15 is 0 Å². The summed E-state index contributed by atoms with van der Waals surface area (Å²) < 4.78 is 6.09. The third-order valence-corrected chi connectivity index (χ3v) is 4.84. The molecule has 0 amide bonds. The number of fused-ring (bicyclic) bond motifs is 1. The van der Waals surface area contributed by atoms with Crippen molar-refractivity contribution < 1.29 is 4.74 Å². The van der Waals surface area contributed by atoms with Gasteiger partial charge in [0, 0.05) is 12.1 Å². The molecular formula is C17H25NO. The number of benzene rings is 1. The van der Waals surface area contributed by atoms with Gasteiger partial charge in [0.15, 0.2) is 0 Å². The quantitative estimate of drug-likeness (QED) is 0.883. The van der Waals surface area contributed by atoms with Gasteiger partial charge in [0.05, 0.1) is 6.04 Å². The summed E-state index contributed by atoms with van der Waals surface area (Å²) in [6.45, 7) is 7.88. The van der Waals surface area contributed by atoms with Crippen molar-refractivity contribution in [2.75, 3.05) is 6.54 Å². The van der Waals surface area contributed by atoms with E-state index < -0.39 is 0 Å². The fraction of sp³-hybridized carbons (Fsp3) is 0.647. The van der Waals surface area contributed by atoms with Gasteiger partial charge in [-0.1, -0.05) is 38.0 Å². The number of hydrogen-bond donors (Lipinski definition) is 1. The zero-order chi connectivity index (χ0) is 13.5. The van der Waals surface area contributed by atoms with E-state index in [9.17, 15) is 0 Å². The lowest BCUT2D eigenvalue weighted by Gasteiger charge is -2.32. The highest BCUT2D eigenvalue weighted by Crippen LogP contribution is 2.44. The monoisotopic (exact) mass is 259 g/mol. The number of nitrogens with one attached hydrogen (secondary N) is 1. The van der Waals surface area contributed by atoms with Gasteiger partial charge in [0.1, 0.15) is 11.4 Å².